The SMILES string of the molecule is CC(NCCc1ccnn1C)c1ccccc1OC(F)F. The Morgan fingerprint density at radius 3 is 2.71 bits per heavy atom. The van der Waals surface area contributed by atoms with Crippen molar-refractivity contribution in [2.45, 2.75) is 26.0 Å². The maximum Gasteiger partial charge on any atom is 0.387 e. The number of nitrogens with zero attached hydrogens (tertiary/aromatic N) is 2. The number of benzene rings is 1. The number of rotatable bonds is 7. The Labute approximate surface area is 122 Å². The monoisotopic (exact) mass is 295 g/mol. The summed E-state index contributed by atoms with van der Waals surface area (Å²) in [4.78, 5) is 0. The third kappa shape index (κ3) is 4.26. The molecule has 0 radical (unpaired) electrons. The molecule has 21 heavy (non-hydrogen) atoms. The molecule has 114 valence electrons. The van der Waals surface area contributed by atoms with Gasteiger partial charge in [0.2, 0.25) is 0 Å². The Morgan fingerprint density at radius 2 is 2.05 bits per heavy atom. The molecule has 1 unspecified atom stereocenters. The molecule has 0 bridgehead atoms. The summed E-state index contributed by atoms with van der Waals surface area (Å²) in [6, 6.07) is 8.73. The van der Waals surface area contributed by atoms with Gasteiger partial charge in [-0.05, 0) is 19.1 Å². The van der Waals surface area contributed by atoms with Gasteiger partial charge in [-0.25, -0.2) is 0 Å². The van der Waals surface area contributed by atoms with Gasteiger partial charge in [-0.1, -0.05) is 18.2 Å². The predicted octanol–water partition coefficient (Wildman–Crippen LogP) is 2.91. The van der Waals surface area contributed by atoms with E-state index in [4.69, 9.17) is 0 Å². The molecule has 1 heterocycles. The Balaban J connectivity index is 1.94. The highest BCUT2D eigenvalue weighted by atomic mass is 19.3. The maximum absolute atomic E-state index is 12.4. The molecule has 1 N–H and O–H groups in total. The van der Waals surface area contributed by atoms with Crippen LogP contribution in [0.2, 0.25) is 0 Å². The molecule has 2 rings (SSSR count). The van der Waals surface area contributed by atoms with Crippen molar-refractivity contribution in [2.24, 2.45) is 7.05 Å². The first-order valence-electron chi connectivity index (χ1n) is 6.82. The van der Waals surface area contributed by atoms with E-state index >= 15 is 0 Å². The van der Waals surface area contributed by atoms with Crippen molar-refractivity contribution in [3.8, 4) is 5.75 Å². The summed E-state index contributed by atoms with van der Waals surface area (Å²) in [5.74, 6) is 0.216. The van der Waals surface area contributed by atoms with Crippen molar-refractivity contribution in [1.29, 1.82) is 0 Å². The molecule has 0 aliphatic carbocycles. The lowest BCUT2D eigenvalue weighted by Gasteiger charge is -2.18. The summed E-state index contributed by atoms with van der Waals surface area (Å²) in [5.41, 5.74) is 1.84. The molecule has 0 aliphatic rings. The van der Waals surface area contributed by atoms with Crippen LogP contribution in [0, 0.1) is 0 Å². The molecule has 0 spiro atoms. The van der Waals surface area contributed by atoms with E-state index in [-0.39, 0.29) is 11.8 Å². The number of ether oxygens (including phenoxy) is 1. The van der Waals surface area contributed by atoms with Crippen LogP contribution in [-0.2, 0) is 13.5 Å². The van der Waals surface area contributed by atoms with Gasteiger partial charge in [-0.15, -0.1) is 0 Å². The highest BCUT2D eigenvalue weighted by Gasteiger charge is 2.14. The quantitative estimate of drug-likeness (QED) is 0.853. The first-order chi connectivity index (χ1) is 10.1. The molecule has 1 atom stereocenters. The van der Waals surface area contributed by atoms with E-state index in [2.05, 4.69) is 15.2 Å². The summed E-state index contributed by atoms with van der Waals surface area (Å²) in [6.07, 6.45) is 2.57. The molecule has 2 aromatic rings. The number of nitrogens with one attached hydrogen (secondary N) is 1. The van der Waals surface area contributed by atoms with Crippen molar-refractivity contribution in [3.05, 3.63) is 47.8 Å². The molecular formula is C15H19F2N3O. The van der Waals surface area contributed by atoms with Gasteiger partial charge in [0.1, 0.15) is 5.75 Å². The summed E-state index contributed by atoms with van der Waals surface area (Å²) in [5, 5.41) is 7.42. The lowest BCUT2D eigenvalue weighted by molar-refractivity contribution is -0.0506. The molecule has 6 heteroatoms. The van der Waals surface area contributed by atoms with Crippen LogP contribution in [0.4, 0.5) is 8.78 Å². The fourth-order valence-electron chi connectivity index (χ4n) is 2.21. The summed E-state index contributed by atoms with van der Waals surface area (Å²) < 4.78 is 31.2. The molecule has 0 aliphatic heterocycles. The molecule has 0 amide bonds. The zero-order valence-electron chi connectivity index (χ0n) is 12.1. The molecule has 4 nitrogen and oxygen atoms in total. The summed E-state index contributed by atoms with van der Waals surface area (Å²) >= 11 is 0. The minimum atomic E-state index is -2.81. The lowest BCUT2D eigenvalue weighted by atomic mass is 10.1. The van der Waals surface area contributed by atoms with E-state index in [0.29, 0.717) is 0 Å². The minimum absolute atomic E-state index is 0.0758. The number of hydrogen-bond acceptors (Lipinski definition) is 3. The molecule has 0 saturated heterocycles. The van der Waals surface area contributed by atoms with Crippen LogP contribution in [-0.4, -0.2) is 22.9 Å². The second kappa shape index (κ2) is 7.17. The van der Waals surface area contributed by atoms with Gasteiger partial charge in [0, 0.05) is 43.5 Å². The first-order valence-corrected chi connectivity index (χ1v) is 6.82. The van der Waals surface area contributed by atoms with Crippen molar-refractivity contribution >= 4 is 0 Å². The Hall–Kier alpha value is -1.95. The number of aryl methyl sites for hydroxylation is 1. The van der Waals surface area contributed by atoms with E-state index < -0.39 is 6.61 Å². The Bertz CT molecular complexity index is 572. The topological polar surface area (TPSA) is 39.1 Å². The molecule has 1 aromatic carbocycles. The third-order valence-corrected chi connectivity index (χ3v) is 3.36. The van der Waals surface area contributed by atoms with Crippen LogP contribution in [0.3, 0.4) is 0 Å². The summed E-state index contributed by atoms with van der Waals surface area (Å²) in [7, 11) is 1.89. The minimum Gasteiger partial charge on any atom is -0.434 e. The van der Waals surface area contributed by atoms with Crippen LogP contribution in [0.5, 0.6) is 5.75 Å². The van der Waals surface area contributed by atoms with Crippen LogP contribution >= 0.6 is 0 Å². The van der Waals surface area contributed by atoms with E-state index in [1.807, 2.05) is 30.8 Å². The fraction of sp³-hybridized carbons (Fsp3) is 0.400. The van der Waals surface area contributed by atoms with Crippen LogP contribution in [0.15, 0.2) is 36.5 Å². The van der Waals surface area contributed by atoms with Gasteiger partial charge in [-0.3, -0.25) is 4.68 Å². The van der Waals surface area contributed by atoms with Gasteiger partial charge >= 0.3 is 6.61 Å². The van der Waals surface area contributed by atoms with Gasteiger partial charge in [-0.2, -0.15) is 13.9 Å². The second-order valence-corrected chi connectivity index (χ2v) is 4.79. The van der Waals surface area contributed by atoms with Crippen LogP contribution in [0.1, 0.15) is 24.2 Å². The smallest absolute Gasteiger partial charge is 0.387 e. The van der Waals surface area contributed by atoms with Crippen molar-refractivity contribution in [3.63, 3.8) is 0 Å². The number of alkyl halides is 2. The van der Waals surface area contributed by atoms with Gasteiger partial charge in [0.25, 0.3) is 0 Å². The van der Waals surface area contributed by atoms with Crippen molar-refractivity contribution < 1.29 is 13.5 Å². The molecule has 0 saturated carbocycles. The van der Waals surface area contributed by atoms with E-state index in [0.717, 1.165) is 24.2 Å². The third-order valence-electron chi connectivity index (χ3n) is 3.36. The predicted molar refractivity (Wildman–Crippen MR) is 76.4 cm³/mol. The highest BCUT2D eigenvalue weighted by Crippen LogP contribution is 2.26. The zero-order valence-corrected chi connectivity index (χ0v) is 12.1. The van der Waals surface area contributed by atoms with Crippen molar-refractivity contribution in [1.82, 2.24) is 15.1 Å². The number of aromatic nitrogens is 2. The molecular weight excluding hydrogens is 276 g/mol. The van der Waals surface area contributed by atoms with Crippen molar-refractivity contribution in [2.75, 3.05) is 6.54 Å². The van der Waals surface area contributed by atoms with Crippen LogP contribution < -0.4 is 10.1 Å². The van der Waals surface area contributed by atoms with Gasteiger partial charge in [0.15, 0.2) is 0 Å². The highest BCUT2D eigenvalue weighted by molar-refractivity contribution is 5.35. The van der Waals surface area contributed by atoms with E-state index in [1.54, 1.807) is 24.4 Å². The second-order valence-electron chi connectivity index (χ2n) is 4.79. The molecule has 1 aromatic heterocycles. The van der Waals surface area contributed by atoms with Crippen LogP contribution in [0.25, 0.3) is 0 Å². The largest absolute Gasteiger partial charge is 0.434 e. The fourth-order valence-corrected chi connectivity index (χ4v) is 2.21. The Kier molecular flexibility index (Phi) is 5.27. The maximum atomic E-state index is 12.4. The van der Waals surface area contributed by atoms with Gasteiger partial charge in [0.05, 0.1) is 0 Å². The standard InChI is InChI=1S/C15H19F2N3O/c1-11(18-9-7-12-8-10-19-20(12)2)13-5-3-4-6-14(13)21-15(16)17/h3-6,8,10-11,15,18H,7,9H2,1-2H3. The summed E-state index contributed by atoms with van der Waals surface area (Å²) in [6.45, 7) is -0.159. The van der Waals surface area contributed by atoms with E-state index in [1.165, 1.54) is 0 Å². The lowest BCUT2D eigenvalue weighted by Crippen LogP contribution is -2.23. The molecule has 0 fully saturated rings. The number of halogens is 2. The van der Waals surface area contributed by atoms with E-state index in [9.17, 15) is 8.78 Å². The number of hydrogen-bond donors (Lipinski definition) is 1. The van der Waals surface area contributed by atoms with Gasteiger partial charge < -0.3 is 10.1 Å². The normalized spacial score (nSPS) is 12.6. The average molecular weight is 295 g/mol. The first kappa shape index (κ1) is 15.4. The average Bonchev–Trinajstić information content (AvgIpc) is 2.84. The number of para-hydroxylation sites is 1. The Morgan fingerprint density at radius 1 is 1.29 bits per heavy atom. The zero-order chi connectivity index (χ0) is 15.2.